The van der Waals surface area contributed by atoms with E-state index in [1.807, 2.05) is 62.4 Å². The lowest BCUT2D eigenvalue weighted by Crippen LogP contribution is -2.54. The molecule has 0 heterocycles. The van der Waals surface area contributed by atoms with E-state index in [1.165, 1.54) is 0 Å². The van der Waals surface area contributed by atoms with Crippen LogP contribution < -0.4 is 10.6 Å². The predicted molar refractivity (Wildman–Crippen MR) is 178 cm³/mol. The Balaban J connectivity index is 2.05. The molecule has 3 aromatic rings. The van der Waals surface area contributed by atoms with Crippen LogP contribution >= 0.6 is 0 Å². The lowest BCUT2D eigenvalue weighted by molar-refractivity contribution is -0.142. The summed E-state index contributed by atoms with van der Waals surface area (Å²) in [6, 6.07) is 20.0. The van der Waals surface area contributed by atoms with Crippen LogP contribution in [0.4, 0.5) is 4.79 Å². The number of phenolic OH excluding ortho intramolecular Hbond substituents is 1. The van der Waals surface area contributed by atoms with Crippen molar-refractivity contribution in [3.05, 3.63) is 101 Å². The van der Waals surface area contributed by atoms with E-state index < -0.39 is 23.8 Å². The van der Waals surface area contributed by atoms with Gasteiger partial charge in [0.1, 0.15) is 23.4 Å². The standard InChI is InChI=1S/C37H49N3O5/c1-7-8-9-13-22-40(35(43)32(39-36(44)45-37(4,5)6)24-28-17-20-31(41)21-18-28)33(30-19-16-26(2)27(3)23-30)34(42)38-25-29-14-11-10-12-15-29/h10-12,14-21,23,32-33,41H,7-9,13,22,24-25H2,1-6H3,(H,38,42)(H,39,44). The van der Waals surface area contributed by atoms with E-state index in [4.69, 9.17) is 4.74 Å². The van der Waals surface area contributed by atoms with Crippen LogP contribution in [0, 0.1) is 13.8 Å². The summed E-state index contributed by atoms with van der Waals surface area (Å²) in [5, 5.41) is 15.7. The quantitative estimate of drug-likeness (QED) is 0.171. The average Bonchev–Trinajstić information content (AvgIpc) is 2.99. The van der Waals surface area contributed by atoms with Gasteiger partial charge in [-0.1, -0.05) is 86.8 Å². The van der Waals surface area contributed by atoms with Gasteiger partial charge in [-0.15, -0.1) is 0 Å². The van der Waals surface area contributed by atoms with Crippen molar-refractivity contribution in [2.75, 3.05) is 6.54 Å². The lowest BCUT2D eigenvalue weighted by Gasteiger charge is -2.35. The first kappa shape index (κ1) is 35.2. The van der Waals surface area contributed by atoms with Crippen LogP contribution in [0.2, 0.25) is 0 Å². The number of alkyl carbamates (subject to hydrolysis) is 1. The van der Waals surface area contributed by atoms with Crippen molar-refractivity contribution in [1.29, 1.82) is 0 Å². The third-order valence-electron chi connectivity index (χ3n) is 7.62. The summed E-state index contributed by atoms with van der Waals surface area (Å²) in [7, 11) is 0. The van der Waals surface area contributed by atoms with E-state index in [1.54, 1.807) is 49.9 Å². The monoisotopic (exact) mass is 615 g/mol. The first-order chi connectivity index (χ1) is 21.4. The smallest absolute Gasteiger partial charge is 0.408 e. The molecule has 0 aromatic heterocycles. The number of aromatic hydroxyl groups is 1. The van der Waals surface area contributed by atoms with Gasteiger partial charge in [-0.3, -0.25) is 9.59 Å². The zero-order valence-corrected chi connectivity index (χ0v) is 27.6. The number of unbranched alkanes of at least 4 members (excludes halogenated alkanes) is 3. The van der Waals surface area contributed by atoms with E-state index in [9.17, 15) is 19.5 Å². The second-order valence-electron chi connectivity index (χ2n) is 12.6. The normalized spacial score (nSPS) is 12.6. The third kappa shape index (κ3) is 11.3. The molecule has 3 N–H and O–H groups in total. The van der Waals surface area contributed by atoms with Gasteiger partial charge in [-0.2, -0.15) is 0 Å². The van der Waals surface area contributed by atoms with Crippen molar-refractivity contribution >= 4 is 17.9 Å². The summed E-state index contributed by atoms with van der Waals surface area (Å²) in [5.74, 6) is -0.584. The summed E-state index contributed by atoms with van der Waals surface area (Å²) < 4.78 is 5.54. The molecule has 8 heteroatoms. The molecule has 0 spiro atoms. The minimum atomic E-state index is -1.02. The Bertz CT molecular complexity index is 1400. The average molecular weight is 616 g/mol. The highest BCUT2D eigenvalue weighted by atomic mass is 16.6. The Morgan fingerprint density at radius 3 is 2.18 bits per heavy atom. The van der Waals surface area contributed by atoms with Crippen LogP contribution in [0.3, 0.4) is 0 Å². The summed E-state index contributed by atoms with van der Waals surface area (Å²) in [5.41, 5.74) is 3.72. The zero-order chi connectivity index (χ0) is 33.0. The van der Waals surface area contributed by atoms with E-state index in [-0.39, 0.29) is 24.0 Å². The number of rotatable bonds is 14. The topological polar surface area (TPSA) is 108 Å². The molecule has 0 aliphatic carbocycles. The van der Waals surface area contributed by atoms with Gasteiger partial charge < -0.3 is 25.4 Å². The summed E-state index contributed by atoms with van der Waals surface area (Å²) >= 11 is 0. The molecule has 0 saturated carbocycles. The molecule has 45 heavy (non-hydrogen) atoms. The fourth-order valence-electron chi connectivity index (χ4n) is 5.08. The number of carbonyl (C=O) groups excluding carboxylic acids is 3. The SMILES string of the molecule is CCCCCCN(C(=O)C(Cc1ccc(O)cc1)NC(=O)OC(C)(C)C)C(C(=O)NCc1ccccc1)c1ccc(C)c(C)c1. The summed E-state index contributed by atoms with van der Waals surface area (Å²) in [6.07, 6.45) is 3.05. The van der Waals surface area contributed by atoms with Gasteiger partial charge in [-0.05, 0) is 81.0 Å². The van der Waals surface area contributed by atoms with Crippen molar-refractivity contribution in [1.82, 2.24) is 15.5 Å². The number of nitrogens with zero attached hydrogens (tertiary/aromatic N) is 1. The molecule has 0 bridgehead atoms. The van der Waals surface area contributed by atoms with Crippen LogP contribution in [0.15, 0.2) is 72.8 Å². The molecular weight excluding hydrogens is 566 g/mol. The van der Waals surface area contributed by atoms with Crippen LogP contribution in [0.1, 0.15) is 87.2 Å². The molecule has 242 valence electrons. The van der Waals surface area contributed by atoms with E-state index >= 15 is 0 Å². The van der Waals surface area contributed by atoms with E-state index in [0.717, 1.165) is 41.5 Å². The maximum absolute atomic E-state index is 14.7. The van der Waals surface area contributed by atoms with Crippen molar-refractivity contribution in [3.8, 4) is 5.75 Å². The van der Waals surface area contributed by atoms with Gasteiger partial charge in [0, 0.05) is 19.5 Å². The second-order valence-corrected chi connectivity index (χ2v) is 12.6. The molecule has 3 rings (SSSR count). The van der Waals surface area contributed by atoms with Gasteiger partial charge in [0.05, 0.1) is 0 Å². The molecule has 0 fully saturated rings. The van der Waals surface area contributed by atoms with Crippen molar-refractivity contribution < 1.29 is 24.2 Å². The highest BCUT2D eigenvalue weighted by Gasteiger charge is 2.36. The van der Waals surface area contributed by atoms with Gasteiger partial charge in [0.15, 0.2) is 0 Å². The number of hydrogen-bond donors (Lipinski definition) is 3. The number of amides is 3. The first-order valence-electron chi connectivity index (χ1n) is 15.8. The minimum absolute atomic E-state index is 0.101. The Labute approximate surface area is 268 Å². The molecule has 3 amide bonds. The molecule has 0 aliphatic rings. The maximum atomic E-state index is 14.7. The first-order valence-corrected chi connectivity index (χ1v) is 15.8. The lowest BCUT2D eigenvalue weighted by atomic mass is 9.97. The van der Waals surface area contributed by atoms with Gasteiger partial charge in [0.25, 0.3) is 0 Å². The molecular formula is C37H49N3O5. The number of nitrogens with one attached hydrogen (secondary N) is 2. The van der Waals surface area contributed by atoms with E-state index in [0.29, 0.717) is 25.1 Å². The largest absolute Gasteiger partial charge is 0.508 e. The molecule has 8 nitrogen and oxygen atoms in total. The molecule has 2 unspecified atom stereocenters. The minimum Gasteiger partial charge on any atom is -0.508 e. The summed E-state index contributed by atoms with van der Waals surface area (Å²) in [6.45, 7) is 12.0. The fourth-order valence-corrected chi connectivity index (χ4v) is 5.08. The maximum Gasteiger partial charge on any atom is 0.408 e. The fraction of sp³-hybridized carbons (Fsp3) is 0.432. The van der Waals surface area contributed by atoms with Crippen LogP contribution in [-0.2, 0) is 27.3 Å². The van der Waals surface area contributed by atoms with Crippen molar-refractivity contribution in [2.24, 2.45) is 0 Å². The van der Waals surface area contributed by atoms with Crippen LogP contribution in [0.25, 0.3) is 0 Å². The highest BCUT2D eigenvalue weighted by Crippen LogP contribution is 2.27. The summed E-state index contributed by atoms with van der Waals surface area (Å²) in [4.78, 5) is 43.4. The third-order valence-corrected chi connectivity index (χ3v) is 7.62. The Morgan fingerprint density at radius 2 is 1.56 bits per heavy atom. The van der Waals surface area contributed by atoms with Crippen molar-refractivity contribution in [2.45, 2.75) is 97.9 Å². The van der Waals surface area contributed by atoms with Crippen molar-refractivity contribution in [3.63, 3.8) is 0 Å². The van der Waals surface area contributed by atoms with Gasteiger partial charge >= 0.3 is 6.09 Å². The molecule has 3 aromatic carbocycles. The van der Waals surface area contributed by atoms with Crippen LogP contribution in [-0.4, -0.2) is 46.1 Å². The van der Waals surface area contributed by atoms with Crippen LogP contribution in [0.5, 0.6) is 5.75 Å². The van der Waals surface area contributed by atoms with Gasteiger partial charge in [-0.25, -0.2) is 4.79 Å². The Morgan fingerprint density at radius 1 is 0.867 bits per heavy atom. The Hall–Kier alpha value is -4.33. The number of aryl methyl sites for hydroxylation is 2. The number of hydrogen-bond acceptors (Lipinski definition) is 5. The molecule has 2 atom stereocenters. The molecule has 0 saturated heterocycles. The second kappa shape index (κ2) is 16.7. The molecule has 0 aliphatic heterocycles. The highest BCUT2D eigenvalue weighted by molar-refractivity contribution is 5.92. The number of benzene rings is 3. The molecule has 0 radical (unpaired) electrons. The van der Waals surface area contributed by atoms with Gasteiger partial charge in [0.2, 0.25) is 11.8 Å². The van der Waals surface area contributed by atoms with E-state index in [2.05, 4.69) is 17.6 Å². The number of phenols is 1. The number of ether oxygens (including phenoxy) is 1. The number of carbonyl (C=O) groups is 3. The predicted octanol–water partition coefficient (Wildman–Crippen LogP) is 6.91. The Kier molecular flexibility index (Phi) is 13.0. The zero-order valence-electron chi connectivity index (χ0n) is 27.6.